The van der Waals surface area contributed by atoms with Gasteiger partial charge in [-0.2, -0.15) is 0 Å². The van der Waals surface area contributed by atoms with Gasteiger partial charge in [-0.25, -0.2) is 8.78 Å². The lowest BCUT2D eigenvalue weighted by Gasteiger charge is -2.27. The predicted molar refractivity (Wildman–Crippen MR) is 96.2 cm³/mol. The molecule has 4 nitrogen and oxygen atoms in total. The van der Waals surface area contributed by atoms with E-state index in [1.807, 2.05) is 24.3 Å². The summed E-state index contributed by atoms with van der Waals surface area (Å²) < 4.78 is 32.9. The minimum atomic E-state index is -0.565. The van der Waals surface area contributed by atoms with E-state index in [0.29, 0.717) is 24.7 Å². The third kappa shape index (κ3) is 3.23. The molecule has 26 heavy (non-hydrogen) atoms. The lowest BCUT2D eigenvalue weighted by molar-refractivity contribution is 0.262. The molecule has 0 radical (unpaired) electrons. The molecule has 0 saturated heterocycles. The van der Waals surface area contributed by atoms with Gasteiger partial charge in [-0.05, 0) is 30.5 Å². The Labute approximate surface area is 151 Å². The highest BCUT2D eigenvalue weighted by molar-refractivity contribution is 5.78. The second kappa shape index (κ2) is 6.59. The summed E-state index contributed by atoms with van der Waals surface area (Å²) in [6.07, 6.45) is 2.45. The zero-order chi connectivity index (χ0) is 18.1. The smallest absolute Gasteiger partial charge is 0.189 e. The van der Waals surface area contributed by atoms with E-state index < -0.39 is 11.6 Å². The van der Waals surface area contributed by atoms with Crippen LogP contribution < -0.4 is 15.8 Å². The molecule has 2 aromatic carbocycles. The van der Waals surface area contributed by atoms with Crippen LogP contribution >= 0.6 is 0 Å². The quantitative estimate of drug-likeness (QED) is 0.651. The number of hydrogen-bond acceptors (Lipinski definition) is 2. The van der Waals surface area contributed by atoms with E-state index in [0.717, 1.165) is 36.6 Å². The van der Waals surface area contributed by atoms with Crippen molar-refractivity contribution in [3.05, 3.63) is 65.2 Å². The molecule has 0 spiro atoms. The van der Waals surface area contributed by atoms with Gasteiger partial charge in [0.1, 0.15) is 17.4 Å². The van der Waals surface area contributed by atoms with Crippen molar-refractivity contribution in [3.63, 3.8) is 0 Å². The number of rotatable bonds is 4. The fraction of sp³-hybridized carbons (Fsp3) is 0.350. The predicted octanol–water partition coefficient (Wildman–Crippen LogP) is 3.42. The van der Waals surface area contributed by atoms with Gasteiger partial charge in [-0.1, -0.05) is 24.3 Å². The topological polar surface area (TPSA) is 59.6 Å². The van der Waals surface area contributed by atoms with E-state index in [1.54, 1.807) is 0 Å². The van der Waals surface area contributed by atoms with Crippen LogP contribution in [-0.4, -0.2) is 19.1 Å². The minimum absolute atomic E-state index is 0.0430. The van der Waals surface area contributed by atoms with Crippen molar-refractivity contribution in [2.24, 2.45) is 10.7 Å². The summed E-state index contributed by atoms with van der Waals surface area (Å²) in [7, 11) is 0. The molecule has 2 aliphatic rings. The van der Waals surface area contributed by atoms with Gasteiger partial charge in [0.2, 0.25) is 0 Å². The van der Waals surface area contributed by atoms with Crippen LogP contribution in [-0.2, 0) is 5.41 Å². The first-order valence-corrected chi connectivity index (χ1v) is 8.81. The van der Waals surface area contributed by atoms with Gasteiger partial charge >= 0.3 is 0 Å². The van der Waals surface area contributed by atoms with E-state index in [4.69, 9.17) is 10.5 Å². The maximum atomic E-state index is 14.1. The molecule has 2 aromatic rings. The van der Waals surface area contributed by atoms with Gasteiger partial charge in [0.25, 0.3) is 0 Å². The molecule has 4 rings (SSSR count). The maximum absolute atomic E-state index is 14.1. The van der Waals surface area contributed by atoms with Gasteiger partial charge in [-0.15, -0.1) is 0 Å². The summed E-state index contributed by atoms with van der Waals surface area (Å²) >= 11 is 0. The highest BCUT2D eigenvalue weighted by Gasteiger charge is 2.46. The number of nitrogens with zero attached hydrogens (tertiary/aromatic N) is 1. The molecule has 6 heteroatoms. The van der Waals surface area contributed by atoms with Crippen molar-refractivity contribution in [1.29, 1.82) is 0 Å². The third-order valence-electron chi connectivity index (χ3n) is 5.19. The summed E-state index contributed by atoms with van der Waals surface area (Å²) in [4.78, 5) is 4.45. The Morgan fingerprint density at radius 2 is 2.04 bits per heavy atom. The summed E-state index contributed by atoms with van der Waals surface area (Å²) in [5, 5.41) is 3.24. The van der Waals surface area contributed by atoms with Crippen LogP contribution in [0.4, 0.5) is 8.78 Å². The van der Waals surface area contributed by atoms with E-state index in [1.165, 1.54) is 12.1 Å². The molecule has 0 aromatic heterocycles. The largest absolute Gasteiger partial charge is 0.493 e. The van der Waals surface area contributed by atoms with E-state index in [9.17, 15) is 8.78 Å². The highest BCUT2D eigenvalue weighted by atomic mass is 19.1. The summed E-state index contributed by atoms with van der Waals surface area (Å²) in [6, 6.07) is 11.6. The maximum Gasteiger partial charge on any atom is 0.189 e. The first kappa shape index (κ1) is 16.8. The molecule has 1 atom stereocenters. The molecule has 1 unspecified atom stereocenters. The second-order valence-corrected chi connectivity index (χ2v) is 6.98. The molecule has 1 aliphatic heterocycles. The molecule has 1 heterocycles. The van der Waals surface area contributed by atoms with Gasteiger partial charge in [-0.3, -0.25) is 4.99 Å². The fourth-order valence-corrected chi connectivity index (χ4v) is 3.54. The number of benzene rings is 2. The molecule has 1 saturated carbocycles. The SMILES string of the molecule is NC(=NCC1(c2ccc(F)cc2F)CC1)NC1CCOc2ccccc21. The van der Waals surface area contributed by atoms with Crippen molar-refractivity contribution in [1.82, 2.24) is 5.32 Å². The first-order chi connectivity index (χ1) is 12.6. The van der Waals surface area contributed by atoms with Crippen LogP contribution in [0.25, 0.3) is 0 Å². The number of fused-ring (bicyclic) bond motifs is 1. The van der Waals surface area contributed by atoms with E-state index >= 15 is 0 Å². The third-order valence-corrected chi connectivity index (χ3v) is 5.19. The van der Waals surface area contributed by atoms with Crippen LogP contribution in [0, 0.1) is 11.6 Å². The number of nitrogens with two attached hydrogens (primary N) is 1. The van der Waals surface area contributed by atoms with Crippen LogP contribution in [0.15, 0.2) is 47.5 Å². The second-order valence-electron chi connectivity index (χ2n) is 6.98. The van der Waals surface area contributed by atoms with Crippen LogP contribution in [0.3, 0.4) is 0 Å². The fourth-order valence-electron chi connectivity index (χ4n) is 3.54. The average molecular weight is 357 g/mol. The Morgan fingerprint density at radius 3 is 2.81 bits per heavy atom. The Kier molecular flexibility index (Phi) is 4.26. The van der Waals surface area contributed by atoms with E-state index in [2.05, 4.69) is 10.3 Å². The summed E-state index contributed by atoms with van der Waals surface area (Å²) in [5.41, 5.74) is 7.30. The molecule has 136 valence electrons. The Hall–Kier alpha value is -2.63. The van der Waals surface area contributed by atoms with Crippen molar-refractivity contribution in [2.45, 2.75) is 30.7 Å². The summed E-state index contributed by atoms with van der Waals surface area (Å²) in [6.45, 7) is 1.01. The number of nitrogens with one attached hydrogen (secondary N) is 1. The van der Waals surface area contributed by atoms with Gasteiger partial charge in [0, 0.05) is 23.5 Å². The molecular weight excluding hydrogens is 336 g/mol. The number of ether oxygens (including phenoxy) is 1. The Morgan fingerprint density at radius 1 is 1.23 bits per heavy atom. The average Bonchev–Trinajstić information content (AvgIpc) is 3.41. The summed E-state index contributed by atoms with van der Waals surface area (Å²) in [5.74, 6) is 0.115. The molecule has 1 aliphatic carbocycles. The molecule has 3 N–H and O–H groups in total. The number of halogens is 2. The van der Waals surface area contributed by atoms with Crippen LogP contribution in [0.2, 0.25) is 0 Å². The van der Waals surface area contributed by atoms with Crippen molar-refractivity contribution >= 4 is 5.96 Å². The zero-order valence-electron chi connectivity index (χ0n) is 14.3. The zero-order valence-corrected chi connectivity index (χ0v) is 14.3. The molecule has 0 amide bonds. The monoisotopic (exact) mass is 357 g/mol. The standard InChI is InChI=1S/C20H21F2N3O/c21-13-5-6-15(16(22)11-13)20(8-9-20)12-24-19(23)25-17-7-10-26-18-4-2-1-3-14(17)18/h1-6,11,17H,7-10,12H2,(H3,23,24,25). The van der Waals surface area contributed by atoms with Gasteiger partial charge < -0.3 is 15.8 Å². The first-order valence-electron chi connectivity index (χ1n) is 8.81. The van der Waals surface area contributed by atoms with Crippen molar-refractivity contribution in [2.75, 3.05) is 13.2 Å². The molecule has 0 bridgehead atoms. The van der Waals surface area contributed by atoms with Crippen molar-refractivity contribution < 1.29 is 13.5 Å². The number of para-hydroxylation sites is 1. The lowest BCUT2D eigenvalue weighted by atomic mass is 9.95. The van der Waals surface area contributed by atoms with Crippen LogP contribution in [0.1, 0.15) is 36.4 Å². The van der Waals surface area contributed by atoms with Gasteiger partial charge in [0.05, 0.1) is 19.2 Å². The van der Waals surface area contributed by atoms with E-state index in [-0.39, 0.29) is 11.5 Å². The molecular formula is C20H21F2N3O. The normalized spacial score (nSPS) is 20.8. The Balaban J connectivity index is 1.46. The van der Waals surface area contributed by atoms with Crippen molar-refractivity contribution in [3.8, 4) is 5.75 Å². The number of hydrogen-bond donors (Lipinski definition) is 2. The number of guanidine groups is 1. The minimum Gasteiger partial charge on any atom is -0.493 e. The molecule has 1 fully saturated rings. The number of aliphatic imine (C=N–C) groups is 1. The van der Waals surface area contributed by atoms with Gasteiger partial charge in [0.15, 0.2) is 5.96 Å². The lowest BCUT2D eigenvalue weighted by Crippen LogP contribution is -2.38. The van der Waals surface area contributed by atoms with Crippen LogP contribution in [0.5, 0.6) is 5.75 Å². The highest BCUT2D eigenvalue weighted by Crippen LogP contribution is 2.49. The Bertz CT molecular complexity index is 849.